The van der Waals surface area contributed by atoms with Crippen molar-refractivity contribution in [3.63, 3.8) is 0 Å². The van der Waals surface area contributed by atoms with Crippen LogP contribution in [0.2, 0.25) is 0 Å². The van der Waals surface area contributed by atoms with Crippen molar-refractivity contribution < 1.29 is 46.4 Å². The fourth-order valence-corrected chi connectivity index (χ4v) is 6.18. The first kappa shape index (κ1) is 35.6. The zero-order chi connectivity index (χ0) is 36.0. The maximum Gasteiger partial charge on any atom is 3.00 e. The van der Waals surface area contributed by atoms with Crippen LogP contribution in [0, 0.1) is 77.6 Å². The number of halogens is 6. The van der Waals surface area contributed by atoms with E-state index in [1.807, 2.05) is 0 Å². The first-order chi connectivity index (χ1) is 24.7. The minimum Gasteiger partial charge on any atom is -0.297 e. The average molecular weight is 874 g/mol. The number of hydrogen-bond acceptors (Lipinski definition) is 4. The Morgan fingerprint density at radius 2 is 0.846 bits per heavy atom. The van der Waals surface area contributed by atoms with Crippen LogP contribution >= 0.6 is 0 Å². The molecule has 4 heterocycles. The first-order valence-corrected chi connectivity index (χ1v) is 14.9. The molecule has 52 heavy (non-hydrogen) atoms. The molecule has 252 valence electrons. The Morgan fingerprint density at radius 1 is 0.538 bits per heavy atom. The maximum atomic E-state index is 16.0. The summed E-state index contributed by atoms with van der Waals surface area (Å²) >= 11 is 0. The van der Waals surface area contributed by atoms with Gasteiger partial charge in [0.2, 0.25) is 0 Å². The molecule has 0 fully saturated rings. The second-order valence-electron chi connectivity index (χ2n) is 11.3. The molecule has 6 bridgehead atoms. The molecule has 0 aliphatic carbocycles. The third-order valence-corrected chi connectivity index (χ3v) is 8.45. The Balaban J connectivity index is 0.00000464. The molecule has 6 aromatic rings. The van der Waals surface area contributed by atoms with Crippen molar-refractivity contribution in [3.05, 3.63) is 205 Å². The molecule has 0 radical (unpaired) electrons. The molecule has 2 atom stereocenters. The summed E-state index contributed by atoms with van der Waals surface area (Å²) in [4.78, 5) is 20.3. The number of aromatic nitrogens is 3. The monoisotopic (exact) mass is 874 g/mol. The number of rotatable bonds is 3. The van der Waals surface area contributed by atoms with Crippen molar-refractivity contribution in [2.45, 2.75) is 17.8 Å². The Labute approximate surface area is 306 Å². The summed E-state index contributed by atoms with van der Waals surface area (Å²) in [5.41, 5.74) is -3.21. The summed E-state index contributed by atoms with van der Waals surface area (Å²) in [5, 5.41) is 9.57. The van der Waals surface area contributed by atoms with Gasteiger partial charge in [-0.25, -0.2) is 0 Å². The molecule has 0 amide bonds. The fraction of sp³-hybridized carbons (Fsp3) is 0.0769. The minimum absolute atomic E-state index is 0. The third-order valence-electron chi connectivity index (χ3n) is 8.45. The molecule has 1 aliphatic rings. The first-order valence-electron chi connectivity index (χ1n) is 14.9. The smallest absolute Gasteiger partial charge is 0.297 e. The molecule has 3 aromatic heterocycles. The van der Waals surface area contributed by atoms with Gasteiger partial charge >= 0.3 is 20.1 Å². The van der Waals surface area contributed by atoms with E-state index in [1.165, 1.54) is 60.7 Å². The van der Waals surface area contributed by atoms with Crippen LogP contribution in [0.4, 0.5) is 37.7 Å². The van der Waals surface area contributed by atoms with Crippen molar-refractivity contribution in [3.8, 4) is 6.07 Å². The minimum atomic E-state index is -1.30. The average Bonchev–Trinajstić information content (AvgIpc) is 3.12. The van der Waals surface area contributed by atoms with E-state index in [0.717, 1.165) is 18.2 Å². The van der Waals surface area contributed by atoms with Crippen molar-refractivity contribution >= 4 is 11.4 Å². The van der Waals surface area contributed by atoms with Gasteiger partial charge in [-0.1, -0.05) is 18.2 Å². The zero-order valence-corrected chi connectivity index (χ0v) is 28.3. The van der Waals surface area contributed by atoms with Gasteiger partial charge in [-0.05, 0) is 36.4 Å². The second-order valence-corrected chi connectivity index (χ2v) is 11.3. The summed E-state index contributed by atoms with van der Waals surface area (Å²) in [6.07, 6.45) is 0. The Morgan fingerprint density at radius 3 is 1.15 bits per heavy atom. The Kier molecular flexibility index (Phi) is 9.73. The van der Waals surface area contributed by atoms with Gasteiger partial charge in [0.15, 0.2) is 0 Å². The van der Waals surface area contributed by atoms with E-state index in [1.54, 1.807) is 0 Å². The molecule has 3 aromatic carbocycles. The number of hydrogen-bond donors (Lipinski definition) is 0. The summed E-state index contributed by atoms with van der Waals surface area (Å²) in [7, 11) is 0. The molecule has 0 N–H and O–H groups in total. The molecular weight excluding hydrogens is 859 g/mol. The number of fused-ring (bicyclic) bond motifs is 6. The molecule has 13 heteroatoms. The van der Waals surface area contributed by atoms with Crippen molar-refractivity contribution in [2.24, 2.45) is 0 Å². The number of pyridine rings is 3. The van der Waals surface area contributed by atoms with Gasteiger partial charge in [-0.15, -0.1) is 22.8 Å². The molecule has 1 aliphatic heterocycles. The van der Waals surface area contributed by atoms with Gasteiger partial charge in [0.1, 0.15) is 11.4 Å². The molecule has 0 saturated carbocycles. The van der Waals surface area contributed by atoms with Crippen LogP contribution in [0.5, 0.6) is 0 Å². The SMILES string of the molecule is [C-]#[N+]c1c(F)c[c-]c(C2c3cccc(n3)C(c3[c-]cc(F)c(C#N)c3F)c3cccc(n3)C(c3[c-]cc(F)c([N+]#[C-])c3F)c3cccc2n3)c1F.[Ir+3]. The molecular formula is C39H15F6IrN6. The van der Waals surface area contributed by atoms with Gasteiger partial charge < -0.3 is 0 Å². The van der Waals surface area contributed by atoms with Crippen LogP contribution in [0.15, 0.2) is 72.8 Å². The van der Waals surface area contributed by atoms with Gasteiger partial charge in [0, 0.05) is 58.2 Å². The van der Waals surface area contributed by atoms with Gasteiger partial charge in [-0.2, -0.15) is 35.6 Å². The van der Waals surface area contributed by atoms with E-state index in [0.29, 0.717) is 0 Å². The molecule has 6 nitrogen and oxygen atoms in total. The van der Waals surface area contributed by atoms with Crippen LogP contribution in [0.3, 0.4) is 0 Å². The van der Waals surface area contributed by atoms with E-state index in [-0.39, 0.29) is 71.0 Å². The quantitative estimate of drug-likeness (QED) is 0.131. The van der Waals surface area contributed by atoms with Gasteiger partial charge in [-0.3, -0.25) is 51.0 Å². The maximum absolute atomic E-state index is 16.0. The van der Waals surface area contributed by atoms with E-state index < -0.39 is 69.6 Å². The van der Waals surface area contributed by atoms with E-state index in [4.69, 9.17) is 28.1 Å². The van der Waals surface area contributed by atoms with Crippen LogP contribution < -0.4 is 0 Å². The number of nitrogens with zero attached hydrogens (tertiary/aromatic N) is 6. The van der Waals surface area contributed by atoms with Crippen LogP contribution in [0.1, 0.15) is 74.2 Å². The zero-order valence-electron chi connectivity index (χ0n) is 25.9. The third kappa shape index (κ3) is 5.88. The summed E-state index contributed by atoms with van der Waals surface area (Å²) in [6.45, 7) is 14.8. The van der Waals surface area contributed by atoms with E-state index >= 15 is 13.2 Å². The largest absolute Gasteiger partial charge is 3.00 e. The van der Waals surface area contributed by atoms with Crippen LogP contribution in [0.25, 0.3) is 9.69 Å². The van der Waals surface area contributed by atoms with Gasteiger partial charge in [0.25, 0.3) is 0 Å². The summed E-state index contributed by atoms with van der Waals surface area (Å²) in [5.74, 6) is -11.1. The predicted molar refractivity (Wildman–Crippen MR) is 168 cm³/mol. The van der Waals surface area contributed by atoms with E-state index in [9.17, 15) is 18.4 Å². The van der Waals surface area contributed by atoms with Crippen molar-refractivity contribution in [2.75, 3.05) is 0 Å². The number of nitriles is 1. The second kappa shape index (κ2) is 14.2. The summed E-state index contributed by atoms with van der Waals surface area (Å²) < 4.78 is 91.6. The summed E-state index contributed by atoms with van der Waals surface area (Å²) in [6, 6.07) is 25.1. The van der Waals surface area contributed by atoms with Crippen LogP contribution in [-0.4, -0.2) is 15.0 Å². The van der Waals surface area contributed by atoms with E-state index in [2.05, 4.69) is 27.9 Å². The van der Waals surface area contributed by atoms with Gasteiger partial charge in [0.05, 0.1) is 53.4 Å². The fourth-order valence-electron chi connectivity index (χ4n) is 6.18. The predicted octanol–water partition coefficient (Wildman–Crippen LogP) is 8.93. The van der Waals surface area contributed by atoms with Crippen molar-refractivity contribution in [1.82, 2.24) is 15.0 Å². The normalized spacial score (nSPS) is 15.9. The molecule has 2 unspecified atom stereocenters. The Bertz CT molecular complexity index is 2200. The number of benzene rings is 3. The van der Waals surface area contributed by atoms with Crippen molar-refractivity contribution in [1.29, 1.82) is 5.26 Å². The van der Waals surface area contributed by atoms with Crippen LogP contribution in [-0.2, 0) is 20.1 Å². The molecule has 7 rings (SSSR count). The topological polar surface area (TPSA) is 71.2 Å². The Hall–Kier alpha value is -6.19. The standard InChI is InChI=1S/C39H15F6N6.Ir/c1-47-38-24(41)16-13-20(36(38)44)33-28-8-3-6-26(49-28)32(19-12-15-23(40)22(18-46)35(19)43)27-7-4-9-29(50-27)34(31-11-5-10-30(33)51-31)21-14-17-25(42)39(48-2)37(21)45;/h3-11,15-17,32-34H;/q-3;+3. The molecule has 0 spiro atoms. The molecule has 0 saturated heterocycles.